The Kier molecular flexibility index (Phi) is 7.09. The number of nitrogens with two attached hydrogens (primary N) is 2. The zero-order valence-corrected chi connectivity index (χ0v) is 21.5. The van der Waals surface area contributed by atoms with E-state index in [0.29, 0.717) is 24.2 Å². The first-order valence-corrected chi connectivity index (χ1v) is 12.7. The van der Waals surface area contributed by atoms with Gasteiger partial charge in [0.2, 0.25) is 11.8 Å². The lowest BCUT2D eigenvalue weighted by Gasteiger charge is -2.17. The second kappa shape index (κ2) is 10.6. The molecule has 0 aliphatic heterocycles. The van der Waals surface area contributed by atoms with E-state index >= 15 is 0 Å². The van der Waals surface area contributed by atoms with Crippen LogP contribution in [0.15, 0.2) is 83.6 Å². The fourth-order valence-corrected chi connectivity index (χ4v) is 4.80. The van der Waals surface area contributed by atoms with E-state index < -0.39 is 12.1 Å². The Morgan fingerprint density at radius 3 is 1.76 bits per heavy atom. The third kappa shape index (κ3) is 5.43. The Bertz CT molecular complexity index is 1590. The minimum absolute atomic E-state index is 0.355. The smallest absolute Gasteiger partial charge is 0.241 e. The molecule has 2 atom stereocenters. The van der Waals surface area contributed by atoms with Crippen molar-refractivity contribution in [2.45, 2.75) is 24.9 Å². The number of anilines is 2. The molecule has 8 N–H and O–H groups in total. The van der Waals surface area contributed by atoms with Gasteiger partial charge in [0.25, 0.3) is 0 Å². The van der Waals surface area contributed by atoms with Crippen LogP contribution in [0.2, 0.25) is 0 Å². The van der Waals surface area contributed by atoms with Crippen LogP contribution in [0, 0.1) is 0 Å². The number of carbonyl (C=O) groups is 2. The van der Waals surface area contributed by atoms with Gasteiger partial charge in [-0.25, -0.2) is 0 Å². The Balaban J connectivity index is 1.27. The lowest BCUT2D eigenvalue weighted by Crippen LogP contribution is -2.39. The summed E-state index contributed by atoms with van der Waals surface area (Å²) < 4.78 is 0.745. The molecule has 3 aromatic carbocycles. The van der Waals surface area contributed by atoms with Crippen LogP contribution >= 0.6 is 15.9 Å². The molecule has 0 bridgehead atoms. The summed E-state index contributed by atoms with van der Waals surface area (Å²) in [5, 5.41) is 7.78. The van der Waals surface area contributed by atoms with Crippen molar-refractivity contribution in [1.82, 2.24) is 9.97 Å². The Morgan fingerprint density at radius 1 is 0.730 bits per heavy atom. The number of para-hydroxylation sites is 2. The molecule has 0 saturated heterocycles. The van der Waals surface area contributed by atoms with Crippen molar-refractivity contribution in [3.63, 3.8) is 0 Å². The lowest BCUT2D eigenvalue weighted by atomic mass is 10.0. The lowest BCUT2D eigenvalue weighted by molar-refractivity contribution is -0.118. The molecule has 0 fully saturated rings. The largest absolute Gasteiger partial charge is 0.361 e. The molecule has 2 amide bonds. The third-order valence-corrected chi connectivity index (χ3v) is 6.89. The molecule has 2 heterocycles. The summed E-state index contributed by atoms with van der Waals surface area (Å²) in [7, 11) is 0. The molecular formula is C28H27BrN6O2. The van der Waals surface area contributed by atoms with Crippen LogP contribution in [0.5, 0.6) is 0 Å². The van der Waals surface area contributed by atoms with Gasteiger partial charge in [-0.3, -0.25) is 9.59 Å². The molecule has 2 unspecified atom stereocenters. The Hall–Kier alpha value is -3.92. The molecular weight excluding hydrogens is 532 g/mol. The summed E-state index contributed by atoms with van der Waals surface area (Å²) in [6.45, 7) is 0. The van der Waals surface area contributed by atoms with Crippen LogP contribution < -0.4 is 22.1 Å². The maximum Gasteiger partial charge on any atom is 0.241 e. The molecule has 37 heavy (non-hydrogen) atoms. The van der Waals surface area contributed by atoms with Crippen molar-refractivity contribution in [2.75, 3.05) is 10.6 Å². The van der Waals surface area contributed by atoms with Crippen LogP contribution in [0.4, 0.5) is 11.4 Å². The number of hydrogen-bond acceptors (Lipinski definition) is 4. The van der Waals surface area contributed by atoms with Crippen molar-refractivity contribution in [1.29, 1.82) is 0 Å². The molecule has 9 heteroatoms. The van der Waals surface area contributed by atoms with Crippen molar-refractivity contribution >= 4 is 60.9 Å². The number of fused-ring (bicyclic) bond motifs is 2. The summed E-state index contributed by atoms with van der Waals surface area (Å²) in [5.74, 6) is -0.715. The van der Waals surface area contributed by atoms with E-state index in [-0.39, 0.29) is 11.8 Å². The summed E-state index contributed by atoms with van der Waals surface area (Å²) in [6.07, 6.45) is 4.47. The van der Waals surface area contributed by atoms with Crippen molar-refractivity contribution in [2.24, 2.45) is 11.5 Å². The van der Waals surface area contributed by atoms with Crippen LogP contribution in [-0.4, -0.2) is 33.9 Å². The molecule has 5 rings (SSSR count). The highest BCUT2D eigenvalue weighted by molar-refractivity contribution is 9.10. The molecule has 188 valence electrons. The molecule has 0 spiro atoms. The first-order chi connectivity index (χ1) is 17.9. The number of hydrogen-bond donors (Lipinski definition) is 6. The van der Waals surface area contributed by atoms with E-state index in [0.717, 1.165) is 37.4 Å². The number of aromatic nitrogens is 2. The zero-order valence-electron chi connectivity index (χ0n) is 19.9. The van der Waals surface area contributed by atoms with Crippen molar-refractivity contribution < 1.29 is 9.59 Å². The molecule has 0 saturated carbocycles. The highest BCUT2D eigenvalue weighted by atomic mass is 79.9. The SMILES string of the molecule is NC(Cc1c[nH]c2ccccc12)C(=O)Nc1ccc(Br)cc1NC(=O)C(N)Cc1c[nH]c2ccccc12. The fraction of sp³-hybridized carbons (Fsp3) is 0.143. The Morgan fingerprint density at radius 2 is 1.22 bits per heavy atom. The van der Waals surface area contributed by atoms with Gasteiger partial charge in [0.05, 0.1) is 23.5 Å². The first-order valence-electron chi connectivity index (χ1n) is 11.9. The summed E-state index contributed by atoms with van der Waals surface area (Å²) in [4.78, 5) is 32.4. The van der Waals surface area contributed by atoms with Gasteiger partial charge in [-0.2, -0.15) is 0 Å². The van der Waals surface area contributed by atoms with Gasteiger partial charge >= 0.3 is 0 Å². The van der Waals surface area contributed by atoms with Crippen molar-refractivity contribution in [3.05, 3.63) is 94.7 Å². The summed E-state index contributed by atoms with van der Waals surface area (Å²) >= 11 is 3.43. The maximum absolute atomic E-state index is 13.0. The normalized spacial score (nSPS) is 12.9. The van der Waals surface area contributed by atoms with Crippen molar-refractivity contribution in [3.8, 4) is 0 Å². The number of halogens is 1. The molecule has 0 radical (unpaired) electrons. The number of H-pyrrole nitrogens is 2. The van der Waals surface area contributed by atoms with Crippen LogP contribution in [-0.2, 0) is 22.4 Å². The van der Waals surface area contributed by atoms with Gasteiger partial charge in [0.15, 0.2) is 0 Å². The number of carbonyl (C=O) groups excluding carboxylic acids is 2. The number of aromatic amines is 2. The third-order valence-electron chi connectivity index (χ3n) is 6.40. The quantitative estimate of drug-likeness (QED) is 0.167. The maximum atomic E-state index is 13.0. The van der Waals surface area contributed by atoms with E-state index in [1.165, 1.54) is 0 Å². The Labute approximate surface area is 221 Å². The van der Waals surface area contributed by atoms with E-state index in [1.807, 2.05) is 60.9 Å². The van der Waals surface area contributed by atoms with Gasteiger partial charge in [0, 0.05) is 38.7 Å². The summed E-state index contributed by atoms with van der Waals surface area (Å²) in [5.41, 5.74) is 17.3. The highest BCUT2D eigenvalue weighted by Gasteiger charge is 2.21. The van der Waals surface area contributed by atoms with Crippen LogP contribution in [0.3, 0.4) is 0 Å². The van der Waals surface area contributed by atoms with E-state index in [1.54, 1.807) is 18.2 Å². The number of rotatable bonds is 8. The van der Waals surface area contributed by atoms with Gasteiger partial charge < -0.3 is 32.1 Å². The average Bonchev–Trinajstić information content (AvgIpc) is 3.50. The van der Waals surface area contributed by atoms with E-state index in [9.17, 15) is 9.59 Å². The summed E-state index contributed by atoms with van der Waals surface area (Å²) in [6, 6.07) is 19.4. The second-order valence-electron chi connectivity index (χ2n) is 9.01. The van der Waals surface area contributed by atoms with Crippen LogP contribution in [0.25, 0.3) is 21.8 Å². The predicted octanol–water partition coefficient (Wildman–Crippen LogP) is 4.43. The number of amides is 2. The first kappa shape index (κ1) is 24.8. The van der Waals surface area contributed by atoms with Gasteiger partial charge in [0.1, 0.15) is 0 Å². The zero-order chi connectivity index (χ0) is 25.9. The standard InChI is InChI=1S/C28H27BrN6O2/c29-18-9-10-25(34-27(36)21(30)11-16-14-32-23-7-3-1-5-19(16)23)26(13-18)35-28(37)22(31)12-17-15-33-24-8-4-2-6-20(17)24/h1-10,13-15,21-22,32-33H,11-12,30-31H2,(H,34,36)(H,35,37). The monoisotopic (exact) mass is 558 g/mol. The predicted molar refractivity (Wildman–Crippen MR) is 151 cm³/mol. The average molecular weight is 559 g/mol. The molecule has 0 aliphatic rings. The van der Waals surface area contributed by atoms with Crippen LogP contribution in [0.1, 0.15) is 11.1 Å². The van der Waals surface area contributed by atoms with Gasteiger partial charge in [-0.1, -0.05) is 52.3 Å². The van der Waals surface area contributed by atoms with E-state index in [2.05, 4.69) is 36.5 Å². The molecule has 2 aromatic heterocycles. The minimum Gasteiger partial charge on any atom is -0.361 e. The highest BCUT2D eigenvalue weighted by Crippen LogP contribution is 2.27. The number of benzene rings is 3. The second-order valence-corrected chi connectivity index (χ2v) is 9.92. The van der Waals surface area contributed by atoms with E-state index in [4.69, 9.17) is 11.5 Å². The van der Waals surface area contributed by atoms with Gasteiger partial charge in [-0.15, -0.1) is 0 Å². The molecule has 0 aliphatic carbocycles. The number of nitrogens with one attached hydrogen (secondary N) is 4. The minimum atomic E-state index is -0.786. The van der Waals surface area contributed by atoms with Gasteiger partial charge in [-0.05, 0) is 54.3 Å². The molecule has 8 nitrogen and oxygen atoms in total. The fourth-order valence-electron chi connectivity index (χ4n) is 4.44. The molecule has 5 aromatic rings. The topological polar surface area (TPSA) is 142 Å².